The Balaban J connectivity index is 1.58. The lowest BCUT2D eigenvalue weighted by Gasteiger charge is -2.32. The SMILES string of the molecule is COc1ccccc1CCn1cnc2sc3c(c2c1=O)CCC(N(C)CC(C)C)C3. The number of fused-ring (bicyclic) bond motifs is 3. The number of likely N-dealkylation sites (N-methyl/N-ethyl adjacent to an activating group) is 1. The van der Waals surface area contributed by atoms with Crippen molar-refractivity contribution >= 4 is 21.6 Å². The van der Waals surface area contributed by atoms with Crippen LogP contribution in [0, 0.1) is 5.92 Å². The van der Waals surface area contributed by atoms with Crippen molar-refractivity contribution in [3.63, 3.8) is 0 Å². The average Bonchev–Trinajstić information content (AvgIpc) is 3.11. The van der Waals surface area contributed by atoms with Crippen LogP contribution < -0.4 is 10.3 Å². The van der Waals surface area contributed by atoms with Crippen LogP contribution in [-0.4, -0.2) is 41.2 Å². The number of thiophene rings is 1. The number of rotatable bonds is 7. The third-order valence-electron chi connectivity index (χ3n) is 6.10. The summed E-state index contributed by atoms with van der Waals surface area (Å²) in [5.74, 6) is 1.53. The van der Waals surface area contributed by atoms with E-state index in [1.165, 1.54) is 10.4 Å². The number of hydrogen-bond donors (Lipinski definition) is 0. The molecule has 1 unspecified atom stereocenters. The molecule has 0 aliphatic heterocycles. The van der Waals surface area contributed by atoms with Gasteiger partial charge in [-0.05, 0) is 55.8 Å². The topological polar surface area (TPSA) is 47.4 Å². The maximum absolute atomic E-state index is 13.3. The Morgan fingerprint density at radius 1 is 1.33 bits per heavy atom. The lowest BCUT2D eigenvalue weighted by molar-refractivity contribution is 0.201. The molecule has 1 atom stereocenters. The zero-order valence-electron chi connectivity index (χ0n) is 18.4. The Labute approximate surface area is 182 Å². The van der Waals surface area contributed by atoms with Gasteiger partial charge in [-0.2, -0.15) is 0 Å². The quantitative estimate of drug-likeness (QED) is 0.570. The van der Waals surface area contributed by atoms with Gasteiger partial charge in [-0.25, -0.2) is 4.98 Å². The molecule has 4 rings (SSSR count). The highest BCUT2D eigenvalue weighted by Crippen LogP contribution is 2.35. The molecule has 0 fully saturated rings. The van der Waals surface area contributed by atoms with E-state index in [9.17, 15) is 4.79 Å². The van der Waals surface area contributed by atoms with Crippen LogP contribution in [0.2, 0.25) is 0 Å². The van der Waals surface area contributed by atoms with Crippen LogP contribution in [0.4, 0.5) is 0 Å². The monoisotopic (exact) mass is 425 g/mol. The van der Waals surface area contributed by atoms with Crippen LogP contribution in [-0.2, 0) is 25.8 Å². The third-order valence-corrected chi connectivity index (χ3v) is 7.26. The van der Waals surface area contributed by atoms with Gasteiger partial charge < -0.3 is 9.64 Å². The molecule has 0 saturated carbocycles. The molecule has 2 heterocycles. The maximum atomic E-state index is 13.3. The van der Waals surface area contributed by atoms with Crippen molar-refractivity contribution in [3.05, 3.63) is 57.0 Å². The molecule has 1 aliphatic carbocycles. The molecule has 0 radical (unpaired) electrons. The standard InChI is InChI=1S/C24H31N3O2S/c1-16(2)14-26(3)18-9-10-19-21(13-18)30-23-22(19)24(28)27(15-25-23)12-11-17-7-5-6-8-20(17)29-4/h5-8,15-16,18H,9-14H2,1-4H3. The van der Waals surface area contributed by atoms with Gasteiger partial charge in [0.25, 0.3) is 5.56 Å². The van der Waals surface area contributed by atoms with Gasteiger partial charge in [-0.3, -0.25) is 9.36 Å². The fraction of sp³-hybridized carbons (Fsp3) is 0.500. The van der Waals surface area contributed by atoms with E-state index in [2.05, 4.69) is 36.8 Å². The second-order valence-corrected chi connectivity index (χ2v) is 9.80. The van der Waals surface area contributed by atoms with Crippen LogP contribution in [0.1, 0.15) is 36.3 Å². The number of ether oxygens (including phenoxy) is 1. The van der Waals surface area contributed by atoms with Crippen LogP contribution >= 0.6 is 11.3 Å². The van der Waals surface area contributed by atoms with Crippen molar-refractivity contribution < 1.29 is 4.74 Å². The summed E-state index contributed by atoms with van der Waals surface area (Å²) in [6, 6.07) is 8.54. The van der Waals surface area contributed by atoms with Gasteiger partial charge in [0.1, 0.15) is 10.6 Å². The van der Waals surface area contributed by atoms with Gasteiger partial charge >= 0.3 is 0 Å². The number of benzene rings is 1. The second kappa shape index (κ2) is 8.90. The smallest absolute Gasteiger partial charge is 0.262 e. The molecule has 3 aromatic rings. The van der Waals surface area contributed by atoms with E-state index in [1.54, 1.807) is 29.3 Å². The minimum absolute atomic E-state index is 0.0985. The van der Waals surface area contributed by atoms with Crippen molar-refractivity contribution in [2.45, 2.75) is 52.1 Å². The Morgan fingerprint density at radius 2 is 2.13 bits per heavy atom. The van der Waals surface area contributed by atoms with Crippen LogP contribution in [0.3, 0.4) is 0 Å². The molecular formula is C24H31N3O2S. The number of methoxy groups -OCH3 is 1. The zero-order chi connectivity index (χ0) is 21.3. The van der Waals surface area contributed by atoms with E-state index in [0.717, 1.165) is 53.8 Å². The predicted octanol–water partition coefficient (Wildman–Crippen LogP) is 4.15. The summed E-state index contributed by atoms with van der Waals surface area (Å²) in [6.45, 7) is 6.24. The Kier molecular flexibility index (Phi) is 6.25. The highest BCUT2D eigenvalue weighted by molar-refractivity contribution is 7.18. The Bertz CT molecular complexity index is 1090. The van der Waals surface area contributed by atoms with Crippen molar-refractivity contribution in [1.82, 2.24) is 14.5 Å². The van der Waals surface area contributed by atoms with Crippen molar-refractivity contribution in [2.24, 2.45) is 5.92 Å². The number of aryl methyl sites for hydroxylation is 3. The number of nitrogens with zero attached hydrogens (tertiary/aromatic N) is 3. The summed E-state index contributed by atoms with van der Waals surface area (Å²) >= 11 is 1.71. The van der Waals surface area contributed by atoms with Crippen molar-refractivity contribution in [3.8, 4) is 5.75 Å². The molecule has 5 nitrogen and oxygen atoms in total. The average molecular weight is 426 g/mol. The fourth-order valence-electron chi connectivity index (χ4n) is 4.59. The molecule has 0 bridgehead atoms. The fourth-order valence-corrected chi connectivity index (χ4v) is 5.84. The van der Waals surface area contributed by atoms with Crippen LogP contribution in [0.5, 0.6) is 5.75 Å². The third kappa shape index (κ3) is 4.16. The molecule has 1 aliphatic rings. The van der Waals surface area contributed by atoms with E-state index in [0.29, 0.717) is 18.5 Å². The molecule has 0 amide bonds. The number of hydrogen-bond acceptors (Lipinski definition) is 5. The first-order chi connectivity index (χ1) is 14.5. The molecule has 30 heavy (non-hydrogen) atoms. The van der Waals surface area contributed by atoms with Gasteiger partial charge in [-0.15, -0.1) is 11.3 Å². The highest BCUT2D eigenvalue weighted by Gasteiger charge is 2.27. The number of aromatic nitrogens is 2. The Hall–Kier alpha value is -2.18. The molecule has 160 valence electrons. The summed E-state index contributed by atoms with van der Waals surface area (Å²) in [4.78, 5) is 22.7. The van der Waals surface area contributed by atoms with Crippen LogP contribution in [0.25, 0.3) is 10.2 Å². The van der Waals surface area contributed by atoms with Crippen LogP contribution in [0.15, 0.2) is 35.4 Å². The Morgan fingerprint density at radius 3 is 2.90 bits per heavy atom. The van der Waals surface area contributed by atoms with Gasteiger partial charge in [0.05, 0.1) is 18.8 Å². The zero-order valence-corrected chi connectivity index (χ0v) is 19.2. The predicted molar refractivity (Wildman–Crippen MR) is 124 cm³/mol. The summed E-state index contributed by atoms with van der Waals surface area (Å²) in [5.41, 5.74) is 2.45. The van der Waals surface area contributed by atoms with E-state index < -0.39 is 0 Å². The second-order valence-electron chi connectivity index (χ2n) is 8.72. The molecule has 1 aromatic carbocycles. The van der Waals surface area contributed by atoms with Crippen molar-refractivity contribution in [1.29, 1.82) is 0 Å². The number of para-hydroxylation sites is 1. The first kappa shape index (κ1) is 21.1. The minimum Gasteiger partial charge on any atom is -0.496 e. The van der Waals surface area contributed by atoms with Gasteiger partial charge in [0.15, 0.2) is 0 Å². The normalized spacial score (nSPS) is 16.4. The minimum atomic E-state index is 0.0985. The van der Waals surface area contributed by atoms with E-state index in [4.69, 9.17) is 4.74 Å². The van der Waals surface area contributed by atoms with E-state index >= 15 is 0 Å². The molecule has 6 heteroatoms. The molecule has 2 aromatic heterocycles. The summed E-state index contributed by atoms with van der Waals surface area (Å²) in [5, 5.41) is 0.850. The van der Waals surface area contributed by atoms with E-state index in [1.807, 2.05) is 18.2 Å². The highest BCUT2D eigenvalue weighted by atomic mass is 32.1. The molecule has 0 spiro atoms. The first-order valence-corrected chi connectivity index (χ1v) is 11.6. The lowest BCUT2D eigenvalue weighted by Crippen LogP contribution is -2.38. The van der Waals surface area contributed by atoms with Gasteiger partial charge in [0.2, 0.25) is 0 Å². The largest absolute Gasteiger partial charge is 0.496 e. The maximum Gasteiger partial charge on any atom is 0.262 e. The van der Waals surface area contributed by atoms with Gasteiger partial charge in [0, 0.05) is 24.0 Å². The van der Waals surface area contributed by atoms with Crippen molar-refractivity contribution in [2.75, 3.05) is 20.7 Å². The van der Waals surface area contributed by atoms with E-state index in [-0.39, 0.29) is 5.56 Å². The summed E-state index contributed by atoms with van der Waals surface area (Å²) < 4.78 is 7.21. The molecule has 0 N–H and O–H groups in total. The molecule has 0 saturated heterocycles. The summed E-state index contributed by atoms with van der Waals surface area (Å²) in [7, 11) is 3.91. The molecular weight excluding hydrogens is 394 g/mol. The van der Waals surface area contributed by atoms with Gasteiger partial charge in [-0.1, -0.05) is 32.0 Å². The summed E-state index contributed by atoms with van der Waals surface area (Å²) in [6.07, 6.45) is 5.56. The lowest BCUT2D eigenvalue weighted by atomic mass is 9.92. The first-order valence-electron chi connectivity index (χ1n) is 10.8.